The first-order chi connectivity index (χ1) is 13.7. The molecule has 0 spiro atoms. The highest BCUT2D eigenvalue weighted by atomic mass is 35.5. The second kappa shape index (κ2) is 8.14. The van der Waals surface area contributed by atoms with E-state index in [0.29, 0.717) is 11.0 Å². The average molecular weight is 403 g/mol. The van der Waals surface area contributed by atoms with E-state index < -0.39 is 6.89 Å². The third kappa shape index (κ3) is 3.67. The van der Waals surface area contributed by atoms with Gasteiger partial charge in [-0.1, -0.05) is 103 Å². The predicted octanol–water partition coefficient (Wildman–Crippen LogP) is 4.58. The molecule has 0 aliphatic rings. The molecule has 0 N–H and O–H groups in total. The molecular weight excluding hydrogens is 383 g/mol. The lowest BCUT2D eigenvalue weighted by Gasteiger charge is -2.28. The summed E-state index contributed by atoms with van der Waals surface area (Å²) in [5.41, 5.74) is 0.849. The van der Waals surface area contributed by atoms with Gasteiger partial charge in [0.15, 0.2) is 0 Å². The van der Waals surface area contributed by atoms with Gasteiger partial charge in [-0.05, 0) is 35.5 Å². The van der Waals surface area contributed by atoms with Crippen molar-refractivity contribution in [2.45, 2.75) is 6.92 Å². The Morgan fingerprint density at radius 3 is 1.50 bits per heavy atom. The molecule has 0 bridgehead atoms. The van der Waals surface area contributed by atoms with Crippen molar-refractivity contribution in [1.82, 2.24) is 9.97 Å². The van der Waals surface area contributed by atoms with E-state index in [1.807, 2.05) is 13.0 Å². The van der Waals surface area contributed by atoms with Gasteiger partial charge in [0.2, 0.25) is 0 Å². The van der Waals surface area contributed by atoms with Gasteiger partial charge in [0.25, 0.3) is 0 Å². The third-order valence-electron chi connectivity index (χ3n) is 4.64. The predicted molar refractivity (Wildman–Crippen MR) is 122 cm³/mol. The Bertz CT molecular complexity index is 1000. The van der Waals surface area contributed by atoms with Gasteiger partial charge in [0.05, 0.1) is 5.69 Å². The van der Waals surface area contributed by atoms with Crippen LogP contribution in [0.5, 0.6) is 0 Å². The van der Waals surface area contributed by atoms with Crippen LogP contribution in [0, 0.1) is 6.92 Å². The van der Waals surface area contributed by atoms with Crippen molar-refractivity contribution >= 4 is 40.2 Å². The Hall–Kier alpha value is -2.67. The Morgan fingerprint density at radius 1 is 0.679 bits per heavy atom. The van der Waals surface area contributed by atoms with E-state index in [2.05, 4.69) is 107 Å². The minimum Gasteiger partial charge on any atom is -0.234 e. The number of aromatic nitrogens is 2. The van der Waals surface area contributed by atoms with Crippen molar-refractivity contribution < 1.29 is 0 Å². The monoisotopic (exact) mass is 402 g/mol. The van der Waals surface area contributed by atoms with E-state index in [4.69, 9.17) is 11.6 Å². The second-order valence-corrected chi connectivity index (χ2v) is 10.2. The summed E-state index contributed by atoms with van der Waals surface area (Å²) in [6.45, 7) is -0.217. The molecule has 0 radical (unpaired) electrons. The molecule has 0 aliphatic heterocycles. The molecule has 4 rings (SSSR count). The zero-order valence-electron chi connectivity index (χ0n) is 15.5. The largest absolute Gasteiger partial charge is 0.234 e. The summed E-state index contributed by atoms with van der Waals surface area (Å²) < 4.78 is 0. The van der Waals surface area contributed by atoms with Crippen LogP contribution in [0.2, 0.25) is 5.15 Å². The Balaban J connectivity index is 2.14. The summed E-state index contributed by atoms with van der Waals surface area (Å²) in [6.07, 6.45) is 0. The molecule has 0 unspecified atom stereocenters. The Labute approximate surface area is 170 Å². The highest BCUT2D eigenvalue weighted by Gasteiger charge is 2.25. The van der Waals surface area contributed by atoms with Crippen LogP contribution in [-0.2, 0) is 0 Å². The molecule has 2 nitrogen and oxygen atoms in total. The highest BCUT2D eigenvalue weighted by Crippen LogP contribution is 2.44. The molecule has 3 aromatic carbocycles. The Morgan fingerprint density at radius 2 is 1.11 bits per heavy atom. The lowest BCUT2D eigenvalue weighted by Crippen LogP contribution is -2.27. The molecule has 4 aromatic rings. The fourth-order valence-electron chi connectivity index (χ4n) is 3.48. The lowest BCUT2D eigenvalue weighted by atomic mass is 10.4. The molecule has 1 heterocycles. The van der Waals surface area contributed by atoms with Crippen LogP contribution < -0.4 is 15.9 Å². The van der Waals surface area contributed by atoms with Crippen molar-refractivity contribution in [1.29, 1.82) is 0 Å². The Kier molecular flexibility index (Phi) is 5.43. The van der Waals surface area contributed by atoms with Crippen LogP contribution in [-0.4, -0.2) is 15.8 Å². The van der Waals surface area contributed by atoms with Gasteiger partial charge in [0, 0.05) is 6.07 Å². The number of benzene rings is 3. The normalized spacial score (nSPS) is 11.2. The first-order valence-electron chi connectivity index (χ1n) is 9.11. The van der Waals surface area contributed by atoms with Crippen molar-refractivity contribution in [3.8, 4) is 0 Å². The maximum absolute atomic E-state index is 6.26. The van der Waals surface area contributed by atoms with Crippen molar-refractivity contribution in [2.24, 2.45) is 0 Å². The van der Waals surface area contributed by atoms with Gasteiger partial charge in [-0.25, -0.2) is 9.97 Å². The van der Waals surface area contributed by atoms with Crippen LogP contribution >= 0.6 is 18.5 Å². The lowest BCUT2D eigenvalue weighted by molar-refractivity contribution is 1.05. The average Bonchev–Trinajstić information content (AvgIpc) is 2.73. The maximum atomic E-state index is 6.26. The van der Waals surface area contributed by atoms with E-state index in [1.165, 1.54) is 15.9 Å². The summed E-state index contributed by atoms with van der Waals surface area (Å²) in [5.74, 6) is 2.97. The van der Waals surface area contributed by atoms with E-state index in [0.717, 1.165) is 5.69 Å². The van der Waals surface area contributed by atoms with Crippen LogP contribution in [0.4, 0.5) is 0 Å². The van der Waals surface area contributed by atoms with E-state index in [9.17, 15) is 0 Å². The molecular formula is C24H20ClN2P. The number of rotatable bonds is 4. The number of nitrogens with zero attached hydrogens (tertiary/aromatic N) is 2. The zero-order valence-corrected chi connectivity index (χ0v) is 17.2. The van der Waals surface area contributed by atoms with Crippen LogP contribution in [0.3, 0.4) is 0 Å². The minimum atomic E-state index is -2.09. The topological polar surface area (TPSA) is 25.8 Å². The van der Waals surface area contributed by atoms with Gasteiger partial charge < -0.3 is 0 Å². The van der Waals surface area contributed by atoms with Crippen molar-refractivity contribution in [3.63, 3.8) is 0 Å². The van der Waals surface area contributed by atoms with E-state index >= 15 is 0 Å². The summed E-state index contributed by atoms with van der Waals surface area (Å²) >= 11 is 6.26. The van der Waals surface area contributed by atoms with E-state index in [-0.39, 0.29) is 0 Å². The van der Waals surface area contributed by atoms with Crippen LogP contribution in [0.15, 0.2) is 97.1 Å². The van der Waals surface area contributed by atoms with Crippen LogP contribution in [0.1, 0.15) is 11.5 Å². The minimum absolute atomic E-state index is 0.464. The number of halogens is 1. The van der Waals surface area contributed by atoms with Gasteiger partial charge in [-0.15, -0.1) is 0 Å². The molecule has 0 saturated carbocycles. The van der Waals surface area contributed by atoms with Gasteiger partial charge in [-0.2, -0.15) is 0 Å². The maximum Gasteiger partial charge on any atom is 0.133 e. The first kappa shape index (κ1) is 18.7. The van der Waals surface area contributed by atoms with Crippen molar-refractivity contribution in [2.75, 3.05) is 0 Å². The van der Waals surface area contributed by atoms with Gasteiger partial charge >= 0.3 is 0 Å². The zero-order chi connectivity index (χ0) is 19.4. The molecule has 0 aliphatic carbocycles. The SMILES string of the molecule is Cc1nc(Cl)cc(C=P(c2ccccc2)(c2ccccc2)c2ccccc2)n1. The third-order valence-corrected chi connectivity index (χ3v) is 8.83. The molecule has 0 fully saturated rings. The summed E-state index contributed by atoms with van der Waals surface area (Å²) in [5, 5.41) is 4.30. The molecule has 28 heavy (non-hydrogen) atoms. The highest BCUT2D eigenvalue weighted by molar-refractivity contribution is 7.94. The quantitative estimate of drug-likeness (QED) is 0.369. The molecule has 1 aromatic heterocycles. The molecule has 138 valence electrons. The summed E-state index contributed by atoms with van der Waals surface area (Å²) in [4.78, 5) is 8.90. The standard InChI is InChI=1S/C24H20ClN2P/c1-19-26-20(17-24(25)27-19)18-28(21-11-5-2-6-12-21,22-13-7-3-8-14-22)23-15-9-4-10-16-23/h2-18H,1H3. The molecule has 0 atom stereocenters. The smallest absolute Gasteiger partial charge is 0.133 e. The second-order valence-electron chi connectivity index (χ2n) is 6.52. The molecule has 4 heteroatoms. The summed E-state index contributed by atoms with van der Waals surface area (Å²) in [6, 6.07) is 33.9. The van der Waals surface area contributed by atoms with Crippen molar-refractivity contribution in [3.05, 3.63) is 114 Å². The molecule has 0 amide bonds. The number of hydrogen-bond acceptors (Lipinski definition) is 2. The van der Waals surface area contributed by atoms with E-state index in [1.54, 1.807) is 0 Å². The van der Waals surface area contributed by atoms with Crippen LogP contribution in [0.25, 0.3) is 0 Å². The fourth-order valence-corrected chi connectivity index (χ4v) is 7.51. The number of hydrogen-bond donors (Lipinski definition) is 0. The summed E-state index contributed by atoms with van der Waals surface area (Å²) in [7, 11) is 0. The first-order valence-corrected chi connectivity index (χ1v) is 11.3. The fraction of sp³-hybridized carbons (Fsp3) is 0.0417. The molecule has 0 saturated heterocycles. The van der Waals surface area contributed by atoms with Gasteiger partial charge in [0.1, 0.15) is 11.0 Å². The van der Waals surface area contributed by atoms with Gasteiger partial charge in [-0.3, -0.25) is 0 Å². The number of aryl methyl sites for hydroxylation is 1.